The maximum Gasteiger partial charge on any atom is 0.472 e. The third-order valence-electron chi connectivity index (χ3n) is 19.2. The number of esters is 4. The van der Waals surface area contributed by atoms with Gasteiger partial charge in [-0.15, -0.1) is 0 Å². The van der Waals surface area contributed by atoms with E-state index in [0.29, 0.717) is 37.5 Å². The Balaban J connectivity index is 5.19. The average molecular weight is 1470 g/mol. The van der Waals surface area contributed by atoms with Crippen molar-refractivity contribution < 1.29 is 80.2 Å². The Hall–Kier alpha value is -1.94. The van der Waals surface area contributed by atoms with E-state index in [0.717, 1.165) is 108 Å². The summed E-state index contributed by atoms with van der Waals surface area (Å²) in [7, 11) is -9.92. The Labute approximate surface area is 613 Å². The fraction of sp³-hybridized carbons (Fsp3) is 0.951. The Morgan fingerprint density at radius 1 is 0.280 bits per heavy atom. The van der Waals surface area contributed by atoms with Crippen molar-refractivity contribution in [1.29, 1.82) is 0 Å². The number of phosphoric ester groups is 2. The van der Waals surface area contributed by atoms with E-state index in [4.69, 9.17) is 37.0 Å². The Morgan fingerprint density at radius 3 is 0.710 bits per heavy atom. The molecular weight excluding hydrogens is 1310 g/mol. The maximum atomic E-state index is 13.1. The summed E-state index contributed by atoms with van der Waals surface area (Å²) in [6, 6.07) is 0. The van der Waals surface area contributed by atoms with Gasteiger partial charge in [0.15, 0.2) is 12.2 Å². The summed E-state index contributed by atoms with van der Waals surface area (Å²) in [4.78, 5) is 72.9. The smallest absolute Gasteiger partial charge is 0.462 e. The molecule has 0 spiro atoms. The monoisotopic (exact) mass is 1470 g/mol. The molecule has 0 heterocycles. The van der Waals surface area contributed by atoms with Gasteiger partial charge in [-0.2, -0.15) is 0 Å². The number of aliphatic hydroxyl groups is 1. The van der Waals surface area contributed by atoms with Crippen LogP contribution >= 0.6 is 15.6 Å². The Kier molecular flexibility index (Phi) is 68.7. The molecule has 4 unspecified atom stereocenters. The van der Waals surface area contributed by atoms with E-state index < -0.39 is 97.5 Å². The van der Waals surface area contributed by atoms with Gasteiger partial charge in [0, 0.05) is 25.7 Å². The van der Waals surface area contributed by atoms with Crippen LogP contribution in [0.25, 0.3) is 0 Å². The molecule has 0 fully saturated rings. The lowest BCUT2D eigenvalue weighted by molar-refractivity contribution is -0.161. The largest absolute Gasteiger partial charge is 0.472 e. The van der Waals surface area contributed by atoms with Crippen molar-refractivity contribution in [1.82, 2.24) is 0 Å². The van der Waals surface area contributed by atoms with Crippen LogP contribution in [0.2, 0.25) is 0 Å². The van der Waals surface area contributed by atoms with E-state index in [1.165, 1.54) is 212 Å². The highest BCUT2D eigenvalue weighted by Gasteiger charge is 2.30. The average Bonchev–Trinajstić information content (AvgIpc) is 0.962. The second kappa shape index (κ2) is 70.1. The van der Waals surface area contributed by atoms with E-state index in [2.05, 4.69) is 55.4 Å². The van der Waals surface area contributed by atoms with Gasteiger partial charge in [0.05, 0.1) is 26.4 Å². The zero-order valence-corrected chi connectivity index (χ0v) is 67.6. The van der Waals surface area contributed by atoms with Crippen LogP contribution in [-0.4, -0.2) is 96.7 Å². The van der Waals surface area contributed by atoms with Crippen LogP contribution in [-0.2, 0) is 65.4 Å². The van der Waals surface area contributed by atoms with Gasteiger partial charge in [-0.1, -0.05) is 364 Å². The number of unbranched alkanes of at least 4 members (excludes halogenated alkanes) is 43. The molecule has 0 aliphatic rings. The molecule has 6 atom stereocenters. The second-order valence-corrected chi connectivity index (χ2v) is 33.7. The first kappa shape index (κ1) is 98.1. The molecule has 0 aromatic heterocycles. The number of carbonyl (C=O) groups is 4. The maximum absolute atomic E-state index is 13.1. The van der Waals surface area contributed by atoms with E-state index in [1.807, 2.05) is 0 Å². The predicted molar refractivity (Wildman–Crippen MR) is 409 cm³/mol. The van der Waals surface area contributed by atoms with Crippen LogP contribution in [0.3, 0.4) is 0 Å². The molecule has 0 aliphatic heterocycles. The Bertz CT molecular complexity index is 1960. The van der Waals surface area contributed by atoms with Crippen molar-refractivity contribution in [3.8, 4) is 0 Å². The lowest BCUT2D eigenvalue weighted by Gasteiger charge is -2.21. The Morgan fingerprint density at radius 2 is 0.480 bits per heavy atom. The van der Waals surface area contributed by atoms with Gasteiger partial charge < -0.3 is 33.8 Å². The minimum atomic E-state index is -4.96. The van der Waals surface area contributed by atoms with Gasteiger partial charge >= 0.3 is 39.5 Å². The van der Waals surface area contributed by atoms with Gasteiger partial charge in [-0.3, -0.25) is 37.3 Å². The summed E-state index contributed by atoms with van der Waals surface area (Å²) >= 11 is 0. The minimum absolute atomic E-state index is 0.103. The summed E-state index contributed by atoms with van der Waals surface area (Å²) in [5, 5.41) is 10.6. The van der Waals surface area contributed by atoms with E-state index >= 15 is 0 Å². The highest BCUT2D eigenvalue weighted by Crippen LogP contribution is 2.45. The number of carbonyl (C=O) groups excluding carboxylic acids is 4. The van der Waals surface area contributed by atoms with Crippen LogP contribution in [0, 0.1) is 23.7 Å². The fourth-order valence-electron chi connectivity index (χ4n) is 12.4. The topological polar surface area (TPSA) is 237 Å². The molecule has 0 aromatic rings. The number of rotatable bonds is 78. The van der Waals surface area contributed by atoms with Gasteiger partial charge in [0.1, 0.15) is 19.3 Å². The molecule has 17 nitrogen and oxygen atoms in total. The van der Waals surface area contributed by atoms with E-state index in [9.17, 15) is 43.2 Å². The van der Waals surface area contributed by atoms with Crippen LogP contribution in [0.1, 0.15) is 415 Å². The molecule has 100 heavy (non-hydrogen) atoms. The lowest BCUT2D eigenvalue weighted by Crippen LogP contribution is -2.30. The molecule has 594 valence electrons. The zero-order chi connectivity index (χ0) is 73.8. The third kappa shape index (κ3) is 73.0. The van der Waals surface area contributed by atoms with E-state index in [-0.39, 0.29) is 25.7 Å². The molecule has 0 rings (SSSR count). The number of hydrogen-bond acceptors (Lipinski definition) is 15. The first-order valence-corrected chi connectivity index (χ1v) is 44.7. The number of hydrogen-bond donors (Lipinski definition) is 3. The molecule has 0 aliphatic carbocycles. The normalized spacial score (nSPS) is 14.3. The van der Waals surface area contributed by atoms with Crippen LogP contribution in [0.15, 0.2) is 0 Å². The van der Waals surface area contributed by atoms with Gasteiger partial charge in [-0.05, 0) is 49.4 Å². The SMILES string of the molecule is CCC(C)CCCCCCCCCCCCCCCCCCCCC(=O)O[C@H](COC(=O)CCCCCCCCCCCCCCCCCC(C)C)COP(=O)(O)OCC(O)COP(=O)(O)OC[C@@H](COC(=O)CCCCCCCCCC(C)C)OC(=O)CCCCCCCCCC(C)C. The first-order valence-electron chi connectivity index (χ1n) is 41.7. The van der Waals surface area contributed by atoms with Crippen molar-refractivity contribution in [2.45, 2.75) is 433 Å². The summed E-state index contributed by atoms with van der Waals surface area (Å²) in [5.41, 5.74) is 0. The molecule has 0 saturated carbocycles. The summed E-state index contributed by atoms with van der Waals surface area (Å²) in [6.45, 7) is 14.2. The van der Waals surface area contributed by atoms with Gasteiger partial charge in [0.25, 0.3) is 0 Å². The van der Waals surface area contributed by atoms with Crippen LogP contribution < -0.4 is 0 Å². The molecule has 0 saturated heterocycles. The fourth-order valence-corrected chi connectivity index (χ4v) is 14.0. The second-order valence-electron chi connectivity index (χ2n) is 30.8. The number of aliphatic hydroxyl groups excluding tert-OH is 1. The first-order chi connectivity index (χ1) is 48.1. The standard InChI is InChI=1S/C81H158O17P2/c1-9-74(8)60-52-44-36-28-24-20-16-12-10-11-13-17-22-26-30-38-47-55-63-80(85)97-76(67-91-78(83)61-53-45-37-29-25-21-18-14-15-19-23-27-33-41-49-57-71(2)3)69-95-99(87,88)93-65-75(82)66-94-100(89,90)96-70-77(98-81(86)64-56-48-40-32-35-43-51-59-73(6)7)68-92-79(84)62-54-46-39-31-34-42-50-58-72(4)5/h71-77,82H,9-70H2,1-8H3,(H,87,88)(H,89,90)/t74?,75?,76-,77-/m1/s1. The van der Waals surface area contributed by atoms with Crippen molar-refractivity contribution in [3.05, 3.63) is 0 Å². The van der Waals surface area contributed by atoms with Gasteiger partial charge in [-0.25, -0.2) is 9.13 Å². The van der Waals surface area contributed by atoms with E-state index in [1.54, 1.807) is 0 Å². The van der Waals surface area contributed by atoms with Crippen LogP contribution in [0.5, 0.6) is 0 Å². The molecule has 0 amide bonds. The zero-order valence-electron chi connectivity index (χ0n) is 65.8. The van der Waals surface area contributed by atoms with Gasteiger partial charge in [0.2, 0.25) is 0 Å². The molecule has 3 N–H and O–H groups in total. The van der Waals surface area contributed by atoms with Crippen molar-refractivity contribution >= 4 is 39.5 Å². The van der Waals surface area contributed by atoms with Crippen molar-refractivity contribution in [3.63, 3.8) is 0 Å². The predicted octanol–water partition coefficient (Wildman–Crippen LogP) is 24.0. The quantitative estimate of drug-likeness (QED) is 0.0222. The molecule has 19 heteroatoms. The molecular formula is C81H158O17P2. The molecule has 0 aromatic carbocycles. The lowest BCUT2D eigenvalue weighted by atomic mass is 9.99. The third-order valence-corrected chi connectivity index (χ3v) is 21.1. The highest BCUT2D eigenvalue weighted by atomic mass is 31.2. The molecule has 0 bridgehead atoms. The molecule has 0 radical (unpaired) electrons. The number of phosphoric acid groups is 2. The van der Waals surface area contributed by atoms with Crippen molar-refractivity contribution in [2.24, 2.45) is 23.7 Å². The summed E-state index contributed by atoms with van der Waals surface area (Å²) in [5.74, 6) is 0.959. The highest BCUT2D eigenvalue weighted by molar-refractivity contribution is 7.47. The van der Waals surface area contributed by atoms with Crippen LogP contribution in [0.4, 0.5) is 0 Å². The van der Waals surface area contributed by atoms with Crippen molar-refractivity contribution in [2.75, 3.05) is 39.6 Å². The minimum Gasteiger partial charge on any atom is -0.462 e. The number of ether oxygens (including phenoxy) is 4. The summed E-state index contributed by atoms with van der Waals surface area (Å²) in [6.07, 6.45) is 57.2. The summed E-state index contributed by atoms with van der Waals surface area (Å²) < 4.78 is 68.6.